The highest BCUT2D eigenvalue weighted by Crippen LogP contribution is 2.18. The summed E-state index contributed by atoms with van der Waals surface area (Å²) in [4.78, 5) is 16.4. The van der Waals surface area contributed by atoms with E-state index in [4.69, 9.17) is 0 Å². The highest BCUT2D eigenvalue weighted by atomic mass is 16.2. The molecule has 0 saturated carbocycles. The molecule has 3 rings (SSSR count). The number of amides is 1. The van der Waals surface area contributed by atoms with E-state index in [9.17, 15) is 4.79 Å². The molecule has 1 aromatic heterocycles. The number of rotatable bonds is 5. The fraction of sp³-hybridized carbons (Fsp3) is 0.556. The normalized spacial score (nSPS) is 15.0. The molecule has 0 bridgehead atoms. The molecule has 0 aliphatic carbocycles. The van der Waals surface area contributed by atoms with Crippen molar-refractivity contribution in [2.45, 2.75) is 33.6 Å². The molecule has 1 aliphatic rings. The van der Waals surface area contributed by atoms with Gasteiger partial charge in [0.05, 0.1) is 5.69 Å². The highest BCUT2D eigenvalue weighted by Gasteiger charge is 2.24. The van der Waals surface area contributed by atoms with Gasteiger partial charge in [-0.1, -0.05) is 36.6 Å². The molecule has 1 aliphatic heterocycles. The summed E-state index contributed by atoms with van der Waals surface area (Å²) < 4.78 is 1.76. The molecule has 7 heteroatoms. The Morgan fingerprint density at radius 3 is 2.44 bits per heavy atom. The van der Waals surface area contributed by atoms with Gasteiger partial charge in [0.15, 0.2) is 0 Å². The summed E-state index contributed by atoms with van der Waals surface area (Å²) in [6, 6.07) is 8.13. The zero-order chi connectivity index (χ0) is 17.8. The summed E-state index contributed by atoms with van der Waals surface area (Å²) in [5.74, 6) is 1.55. The van der Waals surface area contributed by atoms with E-state index in [1.165, 1.54) is 5.56 Å². The number of benzene rings is 1. The second-order valence-electron chi connectivity index (χ2n) is 7.03. The van der Waals surface area contributed by atoms with Crippen molar-refractivity contribution in [3.8, 4) is 5.69 Å². The Morgan fingerprint density at radius 2 is 1.80 bits per heavy atom. The Balaban J connectivity index is 1.63. The van der Waals surface area contributed by atoms with Crippen LogP contribution in [0.1, 0.15) is 32.3 Å². The zero-order valence-electron chi connectivity index (χ0n) is 15.2. The van der Waals surface area contributed by atoms with E-state index in [-0.39, 0.29) is 5.91 Å². The molecule has 1 aromatic carbocycles. The van der Waals surface area contributed by atoms with E-state index in [1.807, 2.05) is 29.2 Å². The van der Waals surface area contributed by atoms with Crippen molar-refractivity contribution >= 4 is 11.9 Å². The molecular weight excluding hydrogens is 316 g/mol. The number of aryl methyl sites for hydroxylation is 1. The third-order valence-corrected chi connectivity index (χ3v) is 4.58. The van der Waals surface area contributed by atoms with Crippen LogP contribution in [0.15, 0.2) is 24.3 Å². The van der Waals surface area contributed by atoms with Gasteiger partial charge in [-0.25, -0.2) is 0 Å². The van der Waals surface area contributed by atoms with Crippen LogP contribution in [0, 0.1) is 12.8 Å². The Labute approximate surface area is 148 Å². The number of hydrogen-bond acceptors (Lipinski definition) is 5. The Bertz CT molecular complexity index is 701. The molecule has 134 valence electrons. The standard InChI is InChI=1S/C18H26N6O/c1-14(2)4-9-17(25)22-10-12-23(13-11-22)18-19-20-21-24(18)16-7-5-15(3)6-8-16/h5-8,14H,4,9-13H2,1-3H3. The van der Waals surface area contributed by atoms with Gasteiger partial charge < -0.3 is 9.80 Å². The lowest BCUT2D eigenvalue weighted by Gasteiger charge is -2.35. The maximum atomic E-state index is 12.3. The SMILES string of the molecule is Cc1ccc(-n2nnnc2N2CCN(C(=O)CCC(C)C)CC2)cc1. The van der Waals surface area contributed by atoms with Gasteiger partial charge in [0.1, 0.15) is 0 Å². The Kier molecular flexibility index (Phi) is 5.31. The molecule has 1 amide bonds. The topological polar surface area (TPSA) is 67.2 Å². The first-order valence-corrected chi connectivity index (χ1v) is 8.92. The number of nitrogens with zero attached hydrogens (tertiary/aromatic N) is 6. The van der Waals surface area contributed by atoms with E-state index in [0.717, 1.165) is 44.2 Å². The molecule has 2 aromatic rings. The lowest BCUT2D eigenvalue weighted by molar-refractivity contribution is -0.131. The first-order chi connectivity index (χ1) is 12.0. The number of hydrogen-bond donors (Lipinski definition) is 0. The predicted octanol–water partition coefficient (Wildman–Crippen LogP) is 2.06. The molecule has 1 fully saturated rings. The predicted molar refractivity (Wildman–Crippen MR) is 96.8 cm³/mol. The quantitative estimate of drug-likeness (QED) is 0.832. The van der Waals surface area contributed by atoms with Crippen LogP contribution in [0.3, 0.4) is 0 Å². The van der Waals surface area contributed by atoms with Crippen LogP contribution in [0.5, 0.6) is 0 Å². The van der Waals surface area contributed by atoms with Crippen molar-refractivity contribution < 1.29 is 4.79 Å². The summed E-state index contributed by atoms with van der Waals surface area (Å²) in [5.41, 5.74) is 2.15. The summed E-state index contributed by atoms with van der Waals surface area (Å²) in [6.07, 6.45) is 1.59. The average molecular weight is 342 g/mol. The minimum Gasteiger partial charge on any atom is -0.339 e. The van der Waals surface area contributed by atoms with Crippen molar-refractivity contribution in [1.82, 2.24) is 25.1 Å². The molecule has 25 heavy (non-hydrogen) atoms. The van der Waals surface area contributed by atoms with Crippen LogP contribution in [-0.4, -0.2) is 57.2 Å². The first-order valence-electron chi connectivity index (χ1n) is 8.92. The van der Waals surface area contributed by atoms with Crippen molar-refractivity contribution in [3.63, 3.8) is 0 Å². The van der Waals surface area contributed by atoms with Gasteiger partial charge >= 0.3 is 0 Å². The van der Waals surface area contributed by atoms with Crippen LogP contribution < -0.4 is 4.90 Å². The van der Waals surface area contributed by atoms with Crippen LogP contribution in [0.25, 0.3) is 5.69 Å². The Morgan fingerprint density at radius 1 is 1.12 bits per heavy atom. The van der Waals surface area contributed by atoms with E-state index in [0.29, 0.717) is 12.3 Å². The van der Waals surface area contributed by atoms with Gasteiger partial charge in [0.25, 0.3) is 0 Å². The van der Waals surface area contributed by atoms with Gasteiger partial charge in [-0.15, -0.1) is 0 Å². The van der Waals surface area contributed by atoms with Gasteiger partial charge in [0.2, 0.25) is 11.9 Å². The Hall–Kier alpha value is -2.44. The second-order valence-corrected chi connectivity index (χ2v) is 7.03. The van der Waals surface area contributed by atoms with Gasteiger partial charge in [-0.3, -0.25) is 4.79 Å². The average Bonchev–Trinajstić information content (AvgIpc) is 3.10. The molecule has 0 atom stereocenters. The van der Waals surface area contributed by atoms with Gasteiger partial charge in [0, 0.05) is 32.6 Å². The summed E-state index contributed by atoms with van der Waals surface area (Å²) in [6.45, 7) is 9.29. The van der Waals surface area contributed by atoms with Gasteiger partial charge in [-0.05, 0) is 41.8 Å². The monoisotopic (exact) mass is 342 g/mol. The third-order valence-electron chi connectivity index (χ3n) is 4.58. The number of aromatic nitrogens is 4. The van der Waals surface area contributed by atoms with E-state index < -0.39 is 0 Å². The lowest BCUT2D eigenvalue weighted by atomic mass is 10.1. The van der Waals surface area contributed by atoms with E-state index in [2.05, 4.69) is 41.2 Å². The maximum absolute atomic E-state index is 12.3. The van der Waals surface area contributed by atoms with Gasteiger partial charge in [-0.2, -0.15) is 4.68 Å². The minimum absolute atomic E-state index is 0.256. The van der Waals surface area contributed by atoms with Crippen LogP contribution in [0.2, 0.25) is 0 Å². The van der Waals surface area contributed by atoms with E-state index in [1.54, 1.807) is 4.68 Å². The fourth-order valence-electron chi connectivity index (χ4n) is 2.96. The molecule has 2 heterocycles. The zero-order valence-corrected chi connectivity index (χ0v) is 15.2. The number of piperazine rings is 1. The van der Waals surface area contributed by atoms with Crippen molar-refractivity contribution in [3.05, 3.63) is 29.8 Å². The summed E-state index contributed by atoms with van der Waals surface area (Å²) in [5, 5.41) is 12.2. The molecular formula is C18H26N6O. The number of tetrazole rings is 1. The number of carbonyl (C=O) groups is 1. The molecule has 7 nitrogen and oxygen atoms in total. The van der Waals surface area contributed by atoms with Crippen molar-refractivity contribution in [2.24, 2.45) is 5.92 Å². The number of carbonyl (C=O) groups excluding carboxylic acids is 1. The largest absolute Gasteiger partial charge is 0.339 e. The highest BCUT2D eigenvalue weighted by molar-refractivity contribution is 5.76. The third kappa shape index (κ3) is 4.15. The van der Waals surface area contributed by atoms with Crippen molar-refractivity contribution in [2.75, 3.05) is 31.1 Å². The smallest absolute Gasteiger partial charge is 0.250 e. The lowest BCUT2D eigenvalue weighted by Crippen LogP contribution is -2.49. The molecule has 1 saturated heterocycles. The molecule has 0 N–H and O–H groups in total. The van der Waals surface area contributed by atoms with Crippen molar-refractivity contribution in [1.29, 1.82) is 0 Å². The van der Waals surface area contributed by atoms with Crippen LogP contribution in [-0.2, 0) is 4.79 Å². The summed E-state index contributed by atoms with van der Waals surface area (Å²) in [7, 11) is 0. The number of anilines is 1. The second kappa shape index (κ2) is 7.63. The fourth-order valence-corrected chi connectivity index (χ4v) is 2.96. The maximum Gasteiger partial charge on any atom is 0.250 e. The molecule has 0 spiro atoms. The minimum atomic E-state index is 0.256. The van der Waals surface area contributed by atoms with E-state index >= 15 is 0 Å². The molecule has 0 unspecified atom stereocenters. The van der Waals surface area contributed by atoms with Crippen LogP contribution in [0.4, 0.5) is 5.95 Å². The first kappa shape index (κ1) is 17.4. The molecule has 0 radical (unpaired) electrons. The summed E-state index contributed by atoms with van der Waals surface area (Å²) >= 11 is 0. The van der Waals surface area contributed by atoms with Crippen LogP contribution >= 0.6 is 0 Å².